The van der Waals surface area contributed by atoms with Crippen molar-refractivity contribution in [3.63, 3.8) is 0 Å². The fraction of sp³-hybridized carbons (Fsp3) is 0.579. The van der Waals surface area contributed by atoms with E-state index >= 15 is 0 Å². The summed E-state index contributed by atoms with van der Waals surface area (Å²) in [5, 5.41) is 5.48. The van der Waals surface area contributed by atoms with Gasteiger partial charge in [-0.05, 0) is 37.8 Å². The van der Waals surface area contributed by atoms with Gasteiger partial charge in [-0.2, -0.15) is 0 Å². The van der Waals surface area contributed by atoms with Crippen LogP contribution < -0.4 is 10.6 Å². The molecule has 2 aliphatic heterocycles. The van der Waals surface area contributed by atoms with Crippen molar-refractivity contribution in [1.29, 1.82) is 0 Å². The number of carbonyl (C=O) groups is 2. The third kappa shape index (κ3) is 3.76. The molecule has 6 nitrogen and oxygen atoms in total. The Morgan fingerprint density at radius 3 is 2.63 bits per heavy atom. The molecule has 4 rings (SSSR count). The summed E-state index contributed by atoms with van der Waals surface area (Å²) in [4.78, 5) is 27.0. The number of nitrogens with one attached hydrogen (secondary N) is 2. The van der Waals surface area contributed by atoms with Gasteiger partial charge >= 0.3 is 6.03 Å². The van der Waals surface area contributed by atoms with E-state index in [1.807, 2.05) is 0 Å². The Morgan fingerprint density at radius 2 is 1.93 bits per heavy atom. The standard InChI is InChI=1S/C19H23F2N3O3/c20-12-1-4-15(21)16(9-12)23-18(26)24-10-14(17(25)22-13-2-3-13)19(11-24)5-7-27-8-6-19/h1,4,9,13-14H,2-3,5-8,10-11H2,(H,22,25)(H,23,26)/t14-/m0/s1. The molecule has 1 aromatic carbocycles. The lowest BCUT2D eigenvalue weighted by Crippen LogP contribution is -2.45. The van der Waals surface area contributed by atoms with Crippen LogP contribution >= 0.6 is 0 Å². The zero-order chi connectivity index (χ0) is 19.0. The SMILES string of the molecule is O=C(NC1CC1)[C@@H]1CN(C(=O)Nc2cc(F)ccc2F)CC12CCOCC2. The first-order chi connectivity index (χ1) is 13.0. The Bertz CT molecular complexity index is 748. The van der Waals surface area contributed by atoms with Crippen LogP contribution in [0.2, 0.25) is 0 Å². The molecule has 27 heavy (non-hydrogen) atoms. The van der Waals surface area contributed by atoms with Crippen LogP contribution in [0.3, 0.4) is 0 Å². The van der Waals surface area contributed by atoms with Gasteiger partial charge in [0, 0.05) is 43.8 Å². The first-order valence-electron chi connectivity index (χ1n) is 9.36. The summed E-state index contributed by atoms with van der Waals surface area (Å²) in [6, 6.07) is 2.65. The maximum Gasteiger partial charge on any atom is 0.321 e. The summed E-state index contributed by atoms with van der Waals surface area (Å²) in [7, 11) is 0. The van der Waals surface area contributed by atoms with Crippen LogP contribution in [0.25, 0.3) is 0 Å². The topological polar surface area (TPSA) is 70.7 Å². The summed E-state index contributed by atoms with van der Waals surface area (Å²) in [6.45, 7) is 1.78. The minimum Gasteiger partial charge on any atom is -0.381 e. The normalized spacial score (nSPS) is 24.1. The van der Waals surface area contributed by atoms with Gasteiger partial charge in [-0.15, -0.1) is 0 Å². The van der Waals surface area contributed by atoms with Crippen molar-refractivity contribution < 1.29 is 23.1 Å². The molecule has 0 unspecified atom stereocenters. The number of ether oxygens (including phenoxy) is 1. The lowest BCUT2D eigenvalue weighted by molar-refractivity contribution is -0.130. The summed E-state index contributed by atoms with van der Waals surface area (Å²) >= 11 is 0. The van der Waals surface area contributed by atoms with Gasteiger partial charge in [-0.25, -0.2) is 13.6 Å². The monoisotopic (exact) mass is 379 g/mol. The Hall–Kier alpha value is -2.22. The maximum absolute atomic E-state index is 13.8. The molecule has 1 saturated carbocycles. The molecule has 0 aromatic heterocycles. The molecule has 2 heterocycles. The van der Waals surface area contributed by atoms with Gasteiger partial charge in [0.25, 0.3) is 0 Å². The zero-order valence-corrected chi connectivity index (χ0v) is 15.0. The second-order valence-electron chi connectivity index (χ2n) is 7.75. The molecule has 3 aliphatic rings. The highest BCUT2D eigenvalue weighted by Crippen LogP contribution is 2.45. The van der Waals surface area contributed by atoms with Gasteiger partial charge < -0.3 is 20.3 Å². The molecule has 1 spiro atoms. The van der Waals surface area contributed by atoms with E-state index < -0.39 is 17.7 Å². The highest BCUT2D eigenvalue weighted by Gasteiger charge is 2.52. The van der Waals surface area contributed by atoms with E-state index in [2.05, 4.69) is 10.6 Å². The van der Waals surface area contributed by atoms with Gasteiger partial charge in [-0.3, -0.25) is 4.79 Å². The predicted molar refractivity (Wildman–Crippen MR) is 94.1 cm³/mol. The lowest BCUT2D eigenvalue weighted by Gasteiger charge is -2.37. The summed E-state index contributed by atoms with van der Waals surface area (Å²) in [5.74, 6) is -1.67. The number of anilines is 1. The van der Waals surface area contributed by atoms with E-state index in [1.54, 1.807) is 0 Å². The average Bonchev–Trinajstić information content (AvgIpc) is 3.39. The third-order valence-electron chi connectivity index (χ3n) is 5.83. The van der Waals surface area contributed by atoms with Crippen LogP contribution in [0, 0.1) is 23.0 Å². The highest BCUT2D eigenvalue weighted by molar-refractivity contribution is 5.91. The molecule has 0 radical (unpaired) electrons. The van der Waals surface area contributed by atoms with Crippen LogP contribution in [0.5, 0.6) is 0 Å². The number of likely N-dealkylation sites (tertiary alicyclic amines) is 1. The van der Waals surface area contributed by atoms with E-state index in [0.29, 0.717) is 32.6 Å². The van der Waals surface area contributed by atoms with Crippen molar-refractivity contribution in [2.24, 2.45) is 11.3 Å². The zero-order valence-electron chi connectivity index (χ0n) is 15.0. The molecule has 3 fully saturated rings. The number of hydrogen-bond donors (Lipinski definition) is 2. The lowest BCUT2D eigenvalue weighted by atomic mass is 9.71. The van der Waals surface area contributed by atoms with Crippen LogP contribution in [0.4, 0.5) is 19.3 Å². The molecule has 146 valence electrons. The van der Waals surface area contributed by atoms with Gasteiger partial charge in [0.05, 0.1) is 11.6 Å². The smallest absolute Gasteiger partial charge is 0.321 e. The minimum absolute atomic E-state index is 0.0216. The van der Waals surface area contributed by atoms with E-state index in [9.17, 15) is 18.4 Å². The Balaban J connectivity index is 1.50. The summed E-state index contributed by atoms with van der Waals surface area (Å²) < 4.78 is 32.7. The second kappa shape index (κ2) is 7.07. The number of amides is 3. The Labute approximate surface area is 156 Å². The van der Waals surface area contributed by atoms with E-state index in [1.165, 1.54) is 4.90 Å². The molecule has 1 aromatic rings. The van der Waals surface area contributed by atoms with E-state index in [-0.39, 0.29) is 35.5 Å². The average molecular weight is 379 g/mol. The first-order valence-corrected chi connectivity index (χ1v) is 9.36. The Kier molecular flexibility index (Phi) is 4.75. The number of urea groups is 1. The number of benzene rings is 1. The van der Waals surface area contributed by atoms with E-state index in [0.717, 1.165) is 31.0 Å². The Morgan fingerprint density at radius 1 is 1.19 bits per heavy atom. The predicted octanol–water partition coefficient (Wildman–Crippen LogP) is 2.50. The van der Waals surface area contributed by atoms with Crippen molar-refractivity contribution >= 4 is 17.6 Å². The van der Waals surface area contributed by atoms with Crippen molar-refractivity contribution in [3.05, 3.63) is 29.8 Å². The molecule has 2 saturated heterocycles. The fourth-order valence-electron chi connectivity index (χ4n) is 4.09. The van der Waals surface area contributed by atoms with Crippen molar-refractivity contribution in [2.45, 2.75) is 31.7 Å². The molecule has 1 atom stereocenters. The third-order valence-corrected chi connectivity index (χ3v) is 5.83. The highest BCUT2D eigenvalue weighted by atomic mass is 19.1. The number of rotatable bonds is 3. The van der Waals surface area contributed by atoms with Crippen molar-refractivity contribution in [2.75, 3.05) is 31.6 Å². The molecule has 1 aliphatic carbocycles. The molecule has 3 amide bonds. The molecule has 2 N–H and O–H groups in total. The second-order valence-corrected chi connectivity index (χ2v) is 7.75. The molecule has 8 heteroatoms. The van der Waals surface area contributed by atoms with Crippen LogP contribution in [0.15, 0.2) is 18.2 Å². The fourth-order valence-corrected chi connectivity index (χ4v) is 4.09. The molecule has 0 bridgehead atoms. The van der Waals surface area contributed by atoms with Gasteiger partial charge in [0.15, 0.2) is 0 Å². The number of nitrogens with zero attached hydrogens (tertiary/aromatic N) is 1. The number of hydrogen-bond acceptors (Lipinski definition) is 3. The van der Waals surface area contributed by atoms with Crippen molar-refractivity contribution in [1.82, 2.24) is 10.2 Å². The maximum atomic E-state index is 13.8. The molecular formula is C19H23F2N3O3. The van der Waals surface area contributed by atoms with Gasteiger partial charge in [-0.1, -0.05) is 0 Å². The van der Waals surface area contributed by atoms with Crippen LogP contribution in [-0.2, 0) is 9.53 Å². The largest absolute Gasteiger partial charge is 0.381 e. The minimum atomic E-state index is -0.701. The van der Waals surface area contributed by atoms with Crippen molar-refractivity contribution in [3.8, 4) is 0 Å². The van der Waals surface area contributed by atoms with Crippen LogP contribution in [0.1, 0.15) is 25.7 Å². The first kappa shape index (κ1) is 18.2. The number of carbonyl (C=O) groups excluding carboxylic acids is 2. The van der Waals surface area contributed by atoms with Crippen LogP contribution in [-0.4, -0.2) is 49.2 Å². The summed E-state index contributed by atoms with van der Waals surface area (Å²) in [5.41, 5.74) is -0.526. The number of halogens is 2. The quantitative estimate of drug-likeness (QED) is 0.848. The molecular weight excluding hydrogens is 356 g/mol. The van der Waals surface area contributed by atoms with Gasteiger partial charge in [0.2, 0.25) is 5.91 Å². The summed E-state index contributed by atoms with van der Waals surface area (Å²) in [6.07, 6.45) is 3.40. The van der Waals surface area contributed by atoms with Gasteiger partial charge in [0.1, 0.15) is 11.6 Å². The van der Waals surface area contributed by atoms with E-state index in [4.69, 9.17) is 4.74 Å².